The van der Waals surface area contributed by atoms with Gasteiger partial charge in [-0.2, -0.15) is 5.26 Å². The Kier molecular flexibility index (Phi) is 6.82. The van der Waals surface area contributed by atoms with Gasteiger partial charge in [0.1, 0.15) is 11.6 Å². The fraction of sp³-hybridized carbons (Fsp3) is 0.240. The van der Waals surface area contributed by atoms with Crippen LogP contribution in [0.3, 0.4) is 0 Å². The zero-order valence-electron chi connectivity index (χ0n) is 17.6. The molecular formula is C25H26N4O. The molecule has 1 amide bonds. The topological polar surface area (TPSA) is 70.7 Å². The molecule has 0 radical (unpaired) electrons. The van der Waals surface area contributed by atoms with Crippen molar-refractivity contribution in [3.8, 4) is 6.07 Å². The number of nitrogens with one attached hydrogen (secondary N) is 1. The molecule has 0 aliphatic heterocycles. The van der Waals surface area contributed by atoms with Crippen molar-refractivity contribution < 1.29 is 4.79 Å². The first-order valence-electron chi connectivity index (χ1n) is 10.1. The molecule has 2 aromatic heterocycles. The Hall–Kier alpha value is -3.65. The van der Waals surface area contributed by atoms with Gasteiger partial charge in [-0.3, -0.25) is 9.78 Å². The van der Waals surface area contributed by atoms with Crippen molar-refractivity contribution >= 4 is 12.0 Å². The lowest BCUT2D eigenvalue weighted by atomic mass is 10.0. The van der Waals surface area contributed by atoms with Crippen LogP contribution in [0.5, 0.6) is 0 Å². The molecule has 1 atom stereocenters. The van der Waals surface area contributed by atoms with Crippen molar-refractivity contribution in [3.63, 3.8) is 0 Å². The molecule has 152 valence electrons. The molecule has 0 aliphatic rings. The summed E-state index contributed by atoms with van der Waals surface area (Å²) in [5.74, 6) is -0.419. The summed E-state index contributed by atoms with van der Waals surface area (Å²) in [6, 6.07) is 18.9. The van der Waals surface area contributed by atoms with Gasteiger partial charge in [0.05, 0.1) is 11.7 Å². The molecule has 3 rings (SSSR count). The molecule has 0 bridgehead atoms. The normalized spacial score (nSPS) is 12.3. The Bertz CT molecular complexity index is 1040. The Morgan fingerprint density at radius 3 is 2.57 bits per heavy atom. The molecule has 0 spiro atoms. The molecule has 0 aliphatic carbocycles. The first-order chi connectivity index (χ1) is 14.5. The van der Waals surface area contributed by atoms with Crippen LogP contribution in [0.25, 0.3) is 6.08 Å². The van der Waals surface area contributed by atoms with Crippen molar-refractivity contribution in [2.24, 2.45) is 0 Å². The van der Waals surface area contributed by atoms with Gasteiger partial charge in [-0.15, -0.1) is 0 Å². The number of hydrogen-bond acceptors (Lipinski definition) is 3. The zero-order chi connectivity index (χ0) is 21.5. The molecule has 30 heavy (non-hydrogen) atoms. The monoisotopic (exact) mass is 398 g/mol. The van der Waals surface area contributed by atoms with E-state index in [1.807, 2.05) is 68.4 Å². The van der Waals surface area contributed by atoms with E-state index in [1.54, 1.807) is 12.3 Å². The minimum absolute atomic E-state index is 0.0728. The van der Waals surface area contributed by atoms with Crippen molar-refractivity contribution in [2.45, 2.75) is 39.8 Å². The largest absolute Gasteiger partial charge is 0.349 e. The van der Waals surface area contributed by atoms with Crippen LogP contribution < -0.4 is 5.32 Å². The second-order valence-electron chi connectivity index (χ2n) is 7.22. The lowest BCUT2D eigenvalue weighted by molar-refractivity contribution is -0.117. The van der Waals surface area contributed by atoms with Crippen LogP contribution in [0.1, 0.15) is 47.6 Å². The SMILES string of the molecule is CCCn1c(C)cc(/C=C(/C#N)C(=O)NC(c2ccccc2)c2ccccn2)c1C. The number of hydrogen-bond donors (Lipinski definition) is 1. The Balaban J connectivity index is 1.92. The van der Waals surface area contributed by atoms with Gasteiger partial charge in [0.2, 0.25) is 0 Å². The summed E-state index contributed by atoms with van der Waals surface area (Å²) >= 11 is 0. The Morgan fingerprint density at radius 1 is 1.20 bits per heavy atom. The van der Waals surface area contributed by atoms with Crippen LogP contribution in [-0.2, 0) is 11.3 Å². The van der Waals surface area contributed by atoms with Crippen LogP contribution in [0.2, 0.25) is 0 Å². The zero-order valence-corrected chi connectivity index (χ0v) is 17.6. The van der Waals surface area contributed by atoms with E-state index < -0.39 is 11.9 Å². The molecule has 0 saturated heterocycles. The molecule has 5 heteroatoms. The molecule has 2 heterocycles. The van der Waals surface area contributed by atoms with Crippen molar-refractivity contribution in [2.75, 3.05) is 0 Å². The third-order valence-electron chi connectivity index (χ3n) is 5.12. The maximum atomic E-state index is 13.0. The molecule has 1 N–H and O–H groups in total. The summed E-state index contributed by atoms with van der Waals surface area (Å²) in [6.07, 6.45) is 4.39. The number of benzene rings is 1. The Labute approximate surface area is 177 Å². The number of aryl methyl sites for hydroxylation is 1. The third-order valence-corrected chi connectivity index (χ3v) is 5.12. The highest BCUT2D eigenvalue weighted by Crippen LogP contribution is 2.22. The van der Waals surface area contributed by atoms with Gasteiger partial charge in [0.15, 0.2) is 0 Å². The van der Waals surface area contributed by atoms with Gasteiger partial charge >= 0.3 is 0 Å². The highest BCUT2D eigenvalue weighted by atomic mass is 16.1. The number of carbonyl (C=O) groups is 1. The maximum Gasteiger partial charge on any atom is 0.262 e. The van der Waals surface area contributed by atoms with Gasteiger partial charge in [0, 0.05) is 24.1 Å². The molecule has 0 fully saturated rings. The minimum atomic E-state index is -0.441. The number of pyridine rings is 1. The number of nitrogens with zero attached hydrogens (tertiary/aromatic N) is 3. The average Bonchev–Trinajstić information content (AvgIpc) is 3.04. The predicted octanol–water partition coefficient (Wildman–Crippen LogP) is 4.72. The first kappa shape index (κ1) is 21.1. The van der Waals surface area contributed by atoms with E-state index in [0.717, 1.165) is 41.2 Å². The van der Waals surface area contributed by atoms with Crippen molar-refractivity contribution in [3.05, 3.63) is 94.6 Å². The predicted molar refractivity (Wildman–Crippen MR) is 118 cm³/mol. The van der Waals surface area contributed by atoms with Gasteiger partial charge in [-0.1, -0.05) is 43.3 Å². The fourth-order valence-corrected chi connectivity index (χ4v) is 3.57. The second kappa shape index (κ2) is 9.71. The number of amides is 1. The molecule has 5 nitrogen and oxygen atoms in total. The van der Waals surface area contributed by atoms with Gasteiger partial charge < -0.3 is 9.88 Å². The quantitative estimate of drug-likeness (QED) is 0.462. The lowest BCUT2D eigenvalue weighted by Crippen LogP contribution is -2.30. The molecular weight excluding hydrogens is 372 g/mol. The van der Waals surface area contributed by atoms with Crippen LogP contribution in [0, 0.1) is 25.2 Å². The fourth-order valence-electron chi connectivity index (χ4n) is 3.57. The van der Waals surface area contributed by atoms with E-state index in [4.69, 9.17) is 0 Å². The Morgan fingerprint density at radius 2 is 1.93 bits per heavy atom. The molecule has 0 saturated carbocycles. The van der Waals surface area contributed by atoms with Gasteiger partial charge in [-0.05, 0) is 55.7 Å². The smallest absolute Gasteiger partial charge is 0.262 e. The van der Waals surface area contributed by atoms with E-state index in [9.17, 15) is 10.1 Å². The van der Waals surface area contributed by atoms with E-state index in [1.165, 1.54) is 0 Å². The van der Waals surface area contributed by atoms with Gasteiger partial charge in [0.25, 0.3) is 5.91 Å². The number of rotatable bonds is 7. The summed E-state index contributed by atoms with van der Waals surface area (Å²) in [6.45, 7) is 7.10. The number of nitriles is 1. The highest BCUT2D eigenvalue weighted by Gasteiger charge is 2.20. The average molecular weight is 399 g/mol. The minimum Gasteiger partial charge on any atom is -0.349 e. The van der Waals surface area contributed by atoms with Crippen molar-refractivity contribution in [1.82, 2.24) is 14.9 Å². The van der Waals surface area contributed by atoms with E-state index in [0.29, 0.717) is 0 Å². The summed E-state index contributed by atoms with van der Waals surface area (Å²) in [7, 11) is 0. The lowest BCUT2D eigenvalue weighted by Gasteiger charge is -2.18. The summed E-state index contributed by atoms with van der Waals surface area (Å²) in [5.41, 5.74) is 4.76. The summed E-state index contributed by atoms with van der Waals surface area (Å²) in [5, 5.41) is 12.7. The second-order valence-corrected chi connectivity index (χ2v) is 7.22. The summed E-state index contributed by atoms with van der Waals surface area (Å²) < 4.78 is 2.21. The molecule has 1 unspecified atom stereocenters. The number of carbonyl (C=O) groups excluding carboxylic acids is 1. The highest BCUT2D eigenvalue weighted by molar-refractivity contribution is 6.02. The third kappa shape index (κ3) is 4.66. The van der Waals surface area contributed by atoms with Gasteiger partial charge in [-0.25, -0.2) is 0 Å². The van der Waals surface area contributed by atoms with E-state index in [-0.39, 0.29) is 5.57 Å². The van der Waals surface area contributed by atoms with Crippen LogP contribution in [0.4, 0.5) is 0 Å². The first-order valence-corrected chi connectivity index (χ1v) is 10.1. The van der Waals surface area contributed by atoms with Crippen molar-refractivity contribution in [1.29, 1.82) is 5.26 Å². The molecule has 1 aromatic carbocycles. The number of aromatic nitrogens is 2. The summed E-state index contributed by atoms with van der Waals surface area (Å²) in [4.78, 5) is 17.4. The standard InChI is InChI=1S/C25H26N4O/c1-4-14-29-18(2)15-21(19(29)3)16-22(17-26)25(30)28-24(20-10-6-5-7-11-20)23-12-8-9-13-27-23/h5-13,15-16,24H,4,14H2,1-3H3,(H,28,30)/b22-16-. The van der Waals surface area contributed by atoms with E-state index >= 15 is 0 Å². The van der Waals surface area contributed by atoms with Crippen LogP contribution in [-0.4, -0.2) is 15.5 Å². The molecule has 3 aromatic rings. The van der Waals surface area contributed by atoms with E-state index in [2.05, 4.69) is 27.9 Å². The maximum absolute atomic E-state index is 13.0. The van der Waals surface area contributed by atoms with Crippen LogP contribution in [0.15, 0.2) is 66.4 Å². The van der Waals surface area contributed by atoms with Crippen LogP contribution >= 0.6 is 0 Å².